The molecule has 1 heterocycles. The third kappa shape index (κ3) is 4.32. The van der Waals surface area contributed by atoms with Crippen LogP contribution in [0.15, 0.2) is 24.3 Å². The largest absolute Gasteiger partial charge is 0.374 e. The zero-order valence-corrected chi connectivity index (χ0v) is 14.7. The summed E-state index contributed by atoms with van der Waals surface area (Å²) in [4.78, 5) is 16.2. The van der Waals surface area contributed by atoms with Crippen molar-refractivity contribution >= 4 is 23.5 Å². The molecule has 1 atom stereocenters. The Bertz CT molecular complexity index is 495. The number of carbonyl (C=O) groups is 1. The summed E-state index contributed by atoms with van der Waals surface area (Å²) >= 11 is 1.82. The van der Waals surface area contributed by atoms with Crippen molar-refractivity contribution in [2.24, 2.45) is 0 Å². The molecule has 0 fully saturated rings. The second-order valence-electron chi connectivity index (χ2n) is 5.92. The number of anilines is 1. The first-order chi connectivity index (χ1) is 10.6. The van der Waals surface area contributed by atoms with Gasteiger partial charge in [-0.1, -0.05) is 18.2 Å². The molecule has 0 aromatic heterocycles. The van der Waals surface area contributed by atoms with E-state index in [1.54, 1.807) is 4.90 Å². The predicted octanol–water partition coefficient (Wildman–Crippen LogP) is 3.00. The highest BCUT2D eigenvalue weighted by Crippen LogP contribution is 2.33. The number of amides is 2. The van der Waals surface area contributed by atoms with Crippen LogP contribution in [0.5, 0.6) is 0 Å². The van der Waals surface area contributed by atoms with E-state index in [0.29, 0.717) is 5.92 Å². The van der Waals surface area contributed by atoms with Gasteiger partial charge in [0, 0.05) is 45.3 Å². The van der Waals surface area contributed by atoms with E-state index in [2.05, 4.69) is 47.8 Å². The molecule has 5 heteroatoms. The number of thioether (sulfide) groups is 1. The Kier molecular flexibility index (Phi) is 6.43. The zero-order chi connectivity index (χ0) is 15.9. The molecule has 0 saturated carbocycles. The third-order valence-electron chi connectivity index (χ3n) is 4.29. The molecular formula is C17H27N3OS. The van der Waals surface area contributed by atoms with Gasteiger partial charge in [0.1, 0.15) is 0 Å². The summed E-state index contributed by atoms with van der Waals surface area (Å²) in [6.07, 6.45) is 4.23. The minimum Gasteiger partial charge on any atom is -0.374 e. The fraction of sp³-hybridized carbons (Fsp3) is 0.588. The maximum Gasteiger partial charge on any atom is 0.317 e. The minimum absolute atomic E-state index is 0.0394. The van der Waals surface area contributed by atoms with Crippen molar-refractivity contribution in [1.29, 1.82) is 0 Å². The summed E-state index contributed by atoms with van der Waals surface area (Å²) in [6.45, 7) is 2.58. The Morgan fingerprint density at radius 2 is 2.23 bits per heavy atom. The molecule has 0 bridgehead atoms. The van der Waals surface area contributed by atoms with E-state index >= 15 is 0 Å². The molecule has 0 radical (unpaired) electrons. The van der Waals surface area contributed by atoms with Gasteiger partial charge in [-0.2, -0.15) is 11.8 Å². The van der Waals surface area contributed by atoms with E-state index < -0.39 is 0 Å². The van der Waals surface area contributed by atoms with Crippen LogP contribution in [-0.2, 0) is 0 Å². The number of hydrogen-bond donors (Lipinski definition) is 1. The Morgan fingerprint density at radius 3 is 3.00 bits per heavy atom. The van der Waals surface area contributed by atoms with Crippen molar-refractivity contribution in [3.05, 3.63) is 29.8 Å². The average molecular weight is 321 g/mol. The van der Waals surface area contributed by atoms with Gasteiger partial charge in [0.05, 0.1) is 0 Å². The van der Waals surface area contributed by atoms with Crippen LogP contribution in [0.3, 0.4) is 0 Å². The lowest BCUT2D eigenvalue weighted by atomic mass is 9.90. The predicted molar refractivity (Wildman–Crippen MR) is 96.1 cm³/mol. The molecule has 0 aliphatic carbocycles. The van der Waals surface area contributed by atoms with Gasteiger partial charge in [0.25, 0.3) is 0 Å². The van der Waals surface area contributed by atoms with Crippen molar-refractivity contribution in [2.45, 2.75) is 18.8 Å². The first-order valence-electron chi connectivity index (χ1n) is 7.91. The lowest BCUT2D eigenvalue weighted by molar-refractivity contribution is 0.208. The fourth-order valence-corrected chi connectivity index (χ4v) is 3.33. The van der Waals surface area contributed by atoms with Gasteiger partial charge in [0.15, 0.2) is 0 Å². The SMILES string of the molecule is CSCCCN(C)C(=O)NCC1CCN(C)c2ccccc21. The van der Waals surface area contributed by atoms with Crippen molar-refractivity contribution in [3.8, 4) is 0 Å². The number of urea groups is 1. The molecule has 1 aromatic carbocycles. The quantitative estimate of drug-likeness (QED) is 0.818. The van der Waals surface area contributed by atoms with Crippen LogP contribution < -0.4 is 10.2 Å². The molecule has 1 aromatic rings. The lowest BCUT2D eigenvalue weighted by Crippen LogP contribution is -2.41. The average Bonchev–Trinajstić information content (AvgIpc) is 2.54. The van der Waals surface area contributed by atoms with Crippen LogP contribution >= 0.6 is 11.8 Å². The summed E-state index contributed by atoms with van der Waals surface area (Å²) in [5.41, 5.74) is 2.64. The minimum atomic E-state index is 0.0394. The summed E-state index contributed by atoms with van der Waals surface area (Å²) in [5, 5.41) is 3.10. The maximum atomic E-state index is 12.2. The van der Waals surface area contributed by atoms with E-state index in [9.17, 15) is 4.79 Å². The van der Waals surface area contributed by atoms with E-state index in [1.165, 1.54) is 11.3 Å². The summed E-state index contributed by atoms with van der Waals surface area (Å²) in [6, 6.07) is 8.55. The molecule has 1 unspecified atom stereocenters. The molecule has 0 spiro atoms. The zero-order valence-electron chi connectivity index (χ0n) is 13.8. The van der Waals surface area contributed by atoms with Crippen LogP contribution in [0.1, 0.15) is 24.3 Å². The molecule has 2 rings (SSSR count). The van der Waals surface area contributed by atoms with Crippen LogP contribution in [0.4, 0.5) is 10.5 Å². The topological polar surface area (TPSA) is 35.6 Å². The smallest absolute Gasteiger partial charge is 0.317 e. The normalized spacial score (nSPS) is 17.0. The van der Waals surface area contributed by atoms with E-state index in [1.807, 2.05) is 18.8 Å². The van der Waals surface area contributed by atoms with Gasteiger partial charge in [-0.15, -0.1) is 0 Å². The molecule has 1 aliphatic rings. The van der Waals surface area contributed by atoms with Crippen molar-refractivity contribution < 1.29 is 4.79 Å². The molecule has 2 amide bonds. The van der Waals surface area contributed by atoms with Gasteiger partial charge in [-0.25, -0.2) is 4.79 Å². The number of nitrogens with one attached hydrogen (secondary N) is 1. The molecule has 1 aliphatic heterocycles. The number of benzene rings is 1. The molecule has 122 valence electrons. The highest BCUT2D eigenvalue weighted by Gasteiger charge is 2.23. The number of carbonyl (C=O) groups excluding carboxylic acids is 1. The molecule has 0 saturated heterocycles. The first kappa shape index (κ1) is 17.0. The monoisotopic (exact) mass is 321 g/mol. The van der Waals surface area contributed by atoms with Crippen molar-refractivity contribution in [2.75, 3.05) is 50.6 Å². The molecule has 22 heavy (non-hydrogen) atoms. The van der Waals surface area contributed by atoms with Gasteiger partial charge in [0.2, 0.25) is 0 Å². The Hall–Kier alpha value is -1.36. The van der Waals surface area contributed by atoms with Crippen LogP contribution in [-0.4, -0.2) is 56.7 Å². The van der Waals surface area contributed by atoms with E-state index in [4.69, 9.17) is 0 Å². The standard InChI is InChI=1S/C17H27N3OS/c1-19-11-9-14(15-7-4-5-8-16(15)19)13-18-17(21)20(2)10-6-12-22-3/h4-5,7-8,14H,6,9-13H2,1-3H3,(H,18,21). The Balaban J connectivity index is 1.87. The second-order valence-corrected chi connectivity index (χ2v) is 6.91. The van der Waals surface area contributed by atoms with E-state index in [0.717, 1.165) is 38.2 Å². The summed E-state index contributed by atoms with van der Waals surface area (Å²) in [7, 11) is 4.01. The highest BCUT2D eigenvalue weighted by molar-refractivity contribution is 7.98. The van der Waals surface area contributed by atoms with Crippen molar-refractivity contribution in [1.82, 2.24) is 10.2 Å². The van der Waals surface area contributed by atoms with Gasteiger partial charge in [-0.05, 0) is 36.5 Å². The number of rotatable bonds is 6. The first-order valence-corrected chi connectivity index (χ1v) is 9.31. The van der Waals surface area contributed by atoms with Crippen LogP contribution in [0, 0.1) is 0 Å². The van der Waals surface area contributed by atoms with Gasteiger partial charge < -0.3 is 15.1 Å². The maximum absolute atomic E-state index is 12.2. The van der Waals surface area contributed by atoms with Crippen LogP contribution in [0.2, 0.25) is 0 Å². The molecule has 4 nitrogen and oxygen atoms in total. The Morgan fingerprint density at radius 1 is 1.45 bits per heavy atom. The van der Waals surface area contributed by atoms with Crippen molar-refractivity contribution in [3.63, 3.8) is 0 Å². The lowest BCUT2D eigenvalue weighted by Gasteiger charge is -2.33. The second kappa shape index (κ2) is 8.32. The Labute approximate surface area is 138 Å². The van der Waals surface area contributed by atoms with Gasteiger partial charge >= 0.3 is 6.03 Å². The van der Waals surface area contributed by atoms with Crippen LogP contribution in [0.25, 0.3) is 0 Å². The summed E-state index contributed by atoms with van der Waals surface area (Å²) in [5.74, 6) is 1.51. The molecule has 1 N–H and O–H groups in total. The van der Waals surface area contributed by atoms with E-state index in [-0.39, 0.29) is 6.03 Å². The number of para-hydroxylation sites is 1. The number of nitrogens with zero attached hydrogens (tertiary/aromatic N) is 2. The van der Waals surface area contributed by atoms with Gasteiger partial charge in [-0.3, -0.25) is 0 Å². The fourth-order valence-electron chi connectivity index (χ4n) is 2.91. The number of hydrogen-bond acceptors (Lipinski definition) is 3. The third-order valence-corrected chi connectivity index (χ3v) is 4.99. The summed E-state index contributed by atoms with van der Waals surface area (Å²) < 4.78 is 0. The highest BCUT2D eigenvalue weighted by atomic mass is 32.2. The molecular weight excluding hydrogens is 294 g/mol. The number of fused-ring (bicyclic) bond motifs is 1.